The van der Waals surface area contributed by atoms with E-state index in [2.05, 4.69) is 12.2 Å². The average Bonchev–Trinajstić information content (AvgIpc) is 3.01. The number of ketones is 1. The van der Waals surface area contributed by atoms with Crippen molar-refractivity contribution in [3.05, 3.63) is 12.2 Å². The van der Waals surface area contributed by atoms with Crippen molar-refractivity contribution in [3.63, 3.8) is 0 Å². The molecule has 1 saturated heterocycles. The highest BCUT2D eigenvalue weighted by Crippen LogP contribution is 2.33. The molecule has 1 aliphatic heterocycles. The number of hydrogen-bond donors (Lipinski definition) is 9. The fourth-order valence-corrected chi connectivity index (χ4v) is 5.54. The highest BCUT2D eigenvalue weighted by Gasteiger charge is 2.60. The Labute approximate surface area is 258 Å². The first-order chi connectivity index (χ1) is 20.6. The van der Waals surface area contributed by atoms with E-state index in [1.54, 1.807) is 6.08 Å². The van der Waals surface area contributed by atoms with Gasteiger partial charge in [0.05, 0.1) is 25.4 Å². The van der Waals surface area contributed by atoms with Gasteiger partial charge in [0.15, 0.2) is 5.78 Å². The van der Waals surface area contributed by atoms with E-state index in [1.807, 2.05) is 6.92 Å². The number of aliphatic hydroxyl groups is 8. The lowest BCUT2D eigenvalue weighted by molar-refractivity contribution is -0.294. The Balaban J connectivity index is 2.84. The Morgan fingerprint density at radius 1 is 0.791 bits per heavy atom. The van der Waals surface area contributed by atoms with Crippen LogP contribution in [0.4, 0.5) is 0 Å². The van der Waals surface area contributed by atoms with E-state index < -0.39 is 73.5 Å². The zero-order valence-corrected chi connectivity index (χ0v) is 26.4. The third-order valence-electron chi connectivity index (χ3n) is 8.40. The van der Waals surface area contributed by atoms with Gasteiger partial charge in [0.2, 0.25) is 5.72 Å². The van der Waals surface area contributed by atoms with E-state index in [1.165, 1.54) is 57.4 Å². The van der Waals surface area contributed by atoms with Gasteiger partial charge >= 0.3 is 0 Å². The van der Waals surface area contributed by atoms with Gasteiger partial charge in [-0.15, -0.1) is 0 Å². The van der Waals surface area contributed by atoms with Crippen LogP contribution in [0.15, 0.2) is 12.2 Å². The lowest BCUT2D eigenvalue weighted by Gasteiger charge is -2.50. The maximum atomic E-state index is 13.5. The average molecular weight is 620 g/mol. The summed E-state index contributed by atoms with van der Waals surface area (Å²) in [5.41, 5.74) is -2.43. The summed E-state index contributed by atoms with van der Waals surface area (Å²) < 4.78 is 5.76. The maximum absolute atomic E-state index is 13.5. The van der Waals surface area contributed by atoms with Crippen LogP contribution >= 0.6 is 0 Å². The van der Waals surface area contributed by atoms with Gasteiger partial charge in [0.1, 0.15) is 36.6 Å². The zero-order chi connectivity index (χ0) is 32.3. The molecule has 1 aliphatic rings. The van der Waals surface area contributed by atoms with Crippen LogP contribution in [0.2, 0.25) is 0 Å². The molecule has 11 heteroatoms. The molecule has 9 N–H and O–H groups in total. The topological polar surface area (TPSA) is 200 Å². The van der Waals surface area contributed by atoms with Gasteiger partial charge in [-0.05, 0) is 19.3 Å². The van der Waals surface area contributed by atoms with Gasteiger partial charge in [-0.1, -0.05) is 103 Å². The van der Waals surface area contributed by atoms with Crippen LogP contribution in [-0.4, -0.2) is 114 Å². The summed E-state index contributed by atoms with van der Waals surface area (Å²) in [5.74, 6) is -0.717. The molecule has 1 rings (SSSR count). The first-order valence-electron chi connectivity index (χ1n) is 16.6. The molecule has 1 fully saturated rings. The number of Topliss-reactive ketones (excluding diaryl/α,β-unsaturated/α-hetero) is 1. The van der Waals surface area contributed by atoms with Gasteiger partial charge < -0.3 is 45.6 Å². The Kier molecular flexibility index (Phi) is 21.0. The number of carbonyl (C=O) groups is 1. The molecular formula is C32H61NO10. The van der Waals surface area contributed by atoms with Gasteiger partial charge in [-0.2, -0.15) is 0 Å². The fourth-order valence-electron chi connectivity index (χ4n) is 5.54. The van der Waals surface area contributed by atoms with Crippen LogP contribution in [0.3, 0.4) is 0 Å². The summed E-state index contributed by atoms with van der Waals surface area (Å²) in [7, 11) is 0. The minimum absolute atomic E-state index is 0.102. The first kappa shape index (κ1) is 40.0. The van der Waals surface area contributed by atoms with Crippen molar-refractivity contribution < 1.29 is 50.4 Å². The quantitative estimate of drug-likeness (QED) is 0.0531. The van der Waals surface area contributed by atoms with Gasteiger partial charge in [0.25, 0.3) is 0 Å². The van der Waals surface area contributed by atoms with Crippen molar-refractivity contribution in [1.29, 1.82) is 0 Å². The molecule has 3 unspecified atom stereocenters. The van der Waals surface area contributed by atoms with Gasteiger partial charge in [-0.25, -0.2) is 0 Å². The number of unbranched alkanes of at least 4 members (excludes halogenated alkanes) is 13. The lowest BCUT2D eigenvalue weighted by Crippen LogP contribution is -2.77. The molecule has 43 heavy (non-hydrogen) atoms. The van der Waals surface area contributed by atoms with Crippen molar-refractivity contribution in [2.24, 2.45) is 0 Å². The normalized spacial score (nSPS) is 27.3. The molecule has 0 spiro atoms. The fraction of sp³-hybridized carbons (Fsp3) is 0.906. The number of carbonyl (C=O) groups excluding carboxylic acids is 1. The van der Waals surface area contributed by atoms with Crippen LogP contribution < -0.4 is 5.32 Å². The highest BCUT2D eigenvalue weighted by atomic mass is 16.6. The molecule has 0 amide bonds. The number of ether oxygens (including phenoxy) is 1. The van der Waals surface area contributed by atoms with Crippen molar-refractivity contribution in [2.75, 3.05) is 13.2 Å². The van der Waals surface area contributed by atoms with E-state index in [9.17, 15) is 45.6 Å². The largest absolute Gasteiger partial charge is 0.395 e. The molecule has 0 aliphatic carbocycles. The van der Waals surface area contributed by atoms with E-state index in [0.29, 0.717) is 19.3 Å². The third-order valence-corrected chi connectivity index (χ3v) is 8.40. The second kappa shape index (κ2) is 22.5. The Morgan fingerprint density at radius 2 is 1.33 bits per heavy atom. The first-order valence-corrected chi connectivity index (χ1v) is 16.6. The van der Waals surface area contributed by atoms with Crippen LogP contribution in [0.25, 0.3) is 0 Å². The molecule has 0 aromatic heterocycles. The van der Waals surface area contributed by atoms with E-state index >= 15 is 0 Å². The van der Waals surface area contributed by atoms with Crippen LogP contribution in [0, 0.1) is 0 Å². The van der Waals surface area contributed by atoms with Crippen LogP contribution in [0.5, 0.6) is 0 Å². The lowest BCUT2D eigenvalue weighted by atomic mass is 9.83. The van der Waals surface area contributed by atoms with Crippen molar-refractivity contribution in [3.8, 4) is 0 Å². The van der Waals surface area contributed by atoms with E-state index in [-0.39, 0.29) is 6.42 Å². The predicted octanol–water partition coefficient (Wildman–Crippen LogP) is 1.60. The molecule has 0 saturated carbocycles. The van der Waals surface area contributed by atoms with Gasteiger partial charge in [0, 0.05) is 6.42 Å². The van der Waals surface area contributed by atoms with Crippen molar-refractivity contribution in [2.45, 2.75) is 171 Å². The summed E-state index contributed by atoms with van der Waals surface area (Å²) in [4.78, 5) is 13.5. The van der Waals surface area contributed by atoms with Crippen LogP contribution in [0.1, 0.15) is 117 Å². The monoisotopic (exact) mass is 619 g/mol. The predicted molar refractivity (Wildman–Crippen MR) is 164 cm³/mol. The second-order valence-corrected chi connectivity index (χ2v) is 12.0. The van der Waals surface area contributed by atoms with Crippen LogP contribution in [-0.2, 0) is 9.53 Å². The molecule has 0 aromatic rings. The number of aliphatic hydroxyl groups excluding tert-OH is 8. The summed E-state index contributed by atoms with van der Waals surface area (Å²) in [6.07, 6.45) is 6.51. The summed E-state index contributed by atoms with van der Waals surface area (Å²) in [6, 6.07) is -1.22. The zero-order valence-electron chi connectivity index (χ0n) is 26.4. The SMILES string of the molecule is CCCCCCCCCCCCCC=CC(O)C(CO)NC1(C(=O)CCCCC)O[C@H]([C@@H](O)[C@H](O)CO)[C@@H](O)[C@H](O)[C@H]1O. The summed E-state index contributed by atoms with van der Waals surface area (Å²) in [5, 5.41) is 85.6. The molecular weight excluding hydrogens is 558 g/mol. The molecule has 0 aromatic carbocycles. The van der Waals surface area contributed by atoms with Crippen molar-refractivity contribution >= 4 is 5.78 Å². The van der Waals surface area contributed by atoms with Gasteiger partial charge in [-0.3, -0.25) is 10.1 Å². The molecule has 254 valence electrons. The Bertz CT molecular complexity index is 752. The maximum Gasteiger partial charge on any atom is 0.208 e. The van der Waals surface area contributed by atoms with E-state index in [0.717, 1.165) is 25.7 Å². The van der Waals surface area contributed by atoms with E-state index in [4.69, 9.17) is 4.74 Å². The second-order valence-electron chi connectivity index (χ2n) is 12.0. The van der Waals surface area contributed by atoms with Crippen molar-refractivity contribution in [1.82, 2.24) is 5.32 Å². The minimum Gasteiger partial charge on any atom is -0.395 e. The number of hydrogen-bond acceptors (Lipinski definition) is 11. The number of rotatable bonds is 25. The molecule has 1 heterocycles. The number of allylic oxidation sites excluding steroid dienone is 1. The Hall–Kier alpha value is -0.990. The standard InChI is InChI=1S/C32H61NO10/c1-3-5-7-8-9-10-11-12-13-14-15-16-18-19-24(36)23(21-34)33-32(26(38)20-17-6-4-2)31(42)29(41)28(40)30(43-32)27(39)25(37)22-35/h18-19,23-25,27-31,33-37,39-42H,3-17,20-22H2,1-2H3/t23?,24?,25-,27+,28+,29+,30-,31-,32?/m1/s1. The smallest absolute Gasteiger partial charge is 0.208 e. The minimum atomic E-state index is -2.43. The molecule has 9 atom stereocenters. The molecule has 11 nitrogen and oxygen atoms in total. The summed E-state index contributed by atoms with van der Waals surface area (Å²) in [6.45, 7) is 2.60. The Morgan fingerprint density at radius 3 is 1.86 bits per heavy atom. The highest BCUT2D eigenvalue weighted by molar-refractivity contribution is 5.88. The molecule has 0 radical (unpaired) electrons. The molecule has 0 bridgehead atoms. The third kappa shape index (κ3) is 13.1. The summed E-state index contributed by atoms with van der Waals surface area (Å²) >= 11 is 0. The number of nitrogens with one attached hydrogen (secondary N) is 1.